The molecule has 0 saturated heterocycles. The van der Waals surface area contributed by atoms with Crippen molar-refractivity contribution in [3.05, 3.63) is 35.4 Å². The Morgan fingerprint density at radius 1 is 0.931 bits per heavy atom. The minimum absolute atomic E-state index is 0.00667. The molecule has 1 rings (SSSR count). The second kappa shape index (κ2) is 16.9. The van der Waals surface area contributed by atoms with Crippen LogP contribution in [0.3, 0.4) is 0 Å². The number of hydrogen-bond donors (Lipinski definition) is 2. The highest BCUT2D eigenvalue weighted by molar-refractivity contribution is 6.03. The molecule has 2 N–H and O–H groups in total. The van der Waals surface area contributed by atoms with Gasteiger partial charge >= 0.3 is 11.9 Å². The summed E-state index contributed by atoms with van der Waals surface area (Å²) in [5.41, 5.74) is 0.537. The zero-order valence-corrected chi connectivity index (χ0v) is 18.1. The molecule has 0 aliphatic heterocycles. The fourth-order valence-corrected chi connectivity index (χ4v) is 1.97. The van der Waals surface area contributed by atoms with Crippen molar-refractivity contribution in [2.45, 2.75) is 65.6 Å². The number of unbranched alkanes of at least 4 members (excludes halogenated alkanes) is 2. The molecule has 0 aromatic heterocycles. The summed E-state index contributed by atoms with van der Waals surface area (Å²) in [5, 5.41) is 17.1. The molecule has 166 valence electrons. The monoisotopic (exact) mass is 412 g/mol. The molecule has 1 aromatic carbocycles. The number of carbonyl (C=O) groups excluding carboxylic acids is 2. The van der Waals surface area contributed by atoms with Crippen LogP contribution in [0.5, 0.6) is 0 Å². The van der Waals surface area contributed by atoms with Crippen molar-refractivity contribution in [1.82, 2.24) is 0 Å². The average molecular weight is 413 g/mol. The highest BCUT2D eigenvalue weighted by atomic mass is 16.5. The Morgan fingerprint density at radius 2 is 1.38 bits per heavy atom. The van der Waals surface area contributed by atoms with Crippen molar-refractivity contribution in [2.24, 2.45) is 0 Å². The topological polar surface area (TPSA) is 102 Å². The summed E-state index contributed by atoms with van der Waals surface area (Å²) in [7, 11) is 0. The van der Waals surface area contributed by atoms with Gasteiger partial charge in [-0.25, -0.2) is 9.59 Å². The molecule has 7 heteroatoms. The number of hydrogen-bond acceptors (Lipinski definition) is 7. The summed E-state index contributed by atoms with van der Waals surface area (Å²) < 4.78 is 15.2. The van der Waals surface area contributed by atoms with Crippen molar-refractivity contribution in [2.75, 3.05) is 26.4 Å². The van der Waals surface area contributed by atoms with Crippen LogP contribution >= 0.6 is 0 Å². The van der Waals surface area contributed by atoms with Gasteiger partial charge in [-0.15, -0.1) is 0 Å². The van der Waals surface area contributed by atoms with Gasteiger partial charge in [0.25, 0.3) is 0 Å². The molecule has 7 nitrogen and oxygen atoms in total. The van der Waals surface area contributed by atoms with Crippen molar-refractivity contribution < 1.29 is 34.0 Å². The van der Waals surface area contributed by atoms with Crippen LogP contribution in [0.15, 0.2) is 24.3 Å². The van der Waals surface area contributed by atoms with Crippen LogP contribution in [-0.2, 0) is 14.2 Å². The maximum absolute atomic E-state index is 11.9. The summed E-state index contributed by atoms with van der Waals surface area (Å²) in [4.78, 5) is 23.9. The van der Waals surface area contributed by atoms with Crippen LogP contribution in [0.2, 0.25) is 0 Å². The lowest BCUT2D eigenvalue weighted by Gasteiger charge is -2.10. The molecule has 0 saturated carbocycles. The molecule has 29 heavy (non-hydrogen) atoms. The number of aliphatic hydroxyl groups is 2. The molecule has 2 unspecified atom stereocenters. The second-order valence-electron chi connectivity index (χ2n) is 6.70. The molecule has 0 bridgehead atoms. The summed E-state index contributed by atoms with van der Waals surface area (Å²) in [6.07, 6.45) is 2.92. The normalized spacial score (nSPS) is 12.3. The molecule has 0 spiro atoms. The van der Waals surface area contributed by atoms with Gasteiger partial charge in [0.05, 0.1) is 49.8 Å². The molecule has 0 aliphatic carbocycles. The first kappa shape index (κ1) is 27.0. The smallest absolute Gasteiger partial charge is 0.339 e. The van der Waals surface area contributed by atoms with E-state index in [1.165, 1.54) is 0 Å². The fraction of sp³-hybridized carbons (Fsp3) is 0.636. The van der Waals surface area contributed by atoms with Gasteiger partial charge in [0.1, 0.15) is 0 Å². The maximum Gasteiger partial charge on any atom is 0.339 e. The van der Waals surface area contributed by atoms with E-state index in [0.29, 0.717) is 19.8 Å². The molecular formula is C22H36O7. The first-order chi connectivity index (χ1) is 13.9. The quantitative estimate of drug-likeness (QED) is 0.401. The third kappa shape index (κ3) is 13.0. The number of esters is 2. The molecular weight excluding hydrogens is 376 g/mol. The summed E-state index contributed by atoms with van der Waals surface area (Å²) in [6, 6.07) is 6.59. The first-order valence-corrected chi connectivity index (χ1v) is 10.2. The number of ether oxygens (including phenoxy) is 3. The molecule has 0 fully saturated rings. The average Bonchev–Trinajstić information content (AvgIpc) is 2.72. The van der Waals surface area contributed by atoms with Crippen molar-refractivity contribution in [1.29, 1.82) is 0 Å². The van der Waals surface area contributed by atoms with Gasteiger partial charge in [0.2, 0.25) is 0 Å². The summed E-state index contributed by atoms with van der Waals surface area (Å²) in [6.45, 7) is 8.48. The highest BCUT2D eigenvalue weighted by Crippen LogP contribution is 2.12. The third-order valence-corrected chi connectivity index (χ3v) is 3.71. The van der Waals surface area contributed by atoms with E-state index in [1.54, 1.807) is 38.1 Å². The Kier molecular flexibility index (Phi) is 15.8. The van der Waals surface area contributed by atoms with E-state index in [1.807, 2.05) is 13.8 Å². The van der Waals surface area contributed by atoms with Crippen LogP contribution in [0.1, 0.15) is 74.1 Å². The van der Waals surface area contributed by atoms with Crippen molar-refractivity contribution >= 4 is 11.9 Å². The van der Waals surface area contributed by atoms with Gasteiger partial charge in [-0.3, -0.25) is 0 Å². The number of rotatable bonds is 12. The predicted molar refractivity (Wildman–Crippen MR) is 111 cm³/mol. The van der Waals surface area contributed by atoms with E-state index in [9.17, 15) is 9.59 Å². The number of aliphatic hydroxyl groups excluding tert-OH is 2. The Bertz CT molecular complexity index is 531. The van der Waals surface area contributed by atoms with E-state index in [0.717, 1.165) is 25.7 Å². The van der Waals surface area contributed by atoms with Gasteiger partial charge in [0, 0.05) is 0 Å². The Hall–Kier alpha value is -1.96. The standard InChI is InChI=1S/C16H22O4.C6H14O3/c1-3-5-11-19-15(17)13-9-7-8-10-14(13)16(18)20-12-6-4-2;1-5(8)4-9-6(2)3-7/h7-10H,3-6,11-12H2,1-2H3;5-8H,3-4H2,1-2H3. The van der Waals surface area contributed by atoms with Crippen molar-refractivity contribution in [3.63, 3.8) is 0 Å². The first-order valence-electron chi connectivity index (χ1n) is 10.2. The molecule has 0 heterocycles. The van der Waals surface area contributed by atoms with E-state index in [4.69, 9.17) is 24.4 Å². The lowest BCUT2D eigenvalue weighted by Crippen LogP contribution is -2.19. The van der Waals surface area contributed by atoms with Crippen molar-refractivity contribution in [3.8, 4) is 0 Å². The van der Waals surface area contributed by atoms with Crippen LogP contribution in [0, 0.1) is 0 Å². The van der Waals surface area contributed by atoms with Gasteiger partial charge < -0.3 is 24.4 Å². The van der Waals surface area contributed by atoms with Gasteiger partial charge in [-0.1, -0.05) is 38.8 Å². The maximum atomic E-state index is 11.9. The zero-order chi connectivity index (χ0) is 22.1. The highest BCUT2D eigenvalue weighted by Gasteiger charge is 2.18. The second-order valence-corrected chi connectivity index (χ2v) is 6.70. The summed E-state index contributed by atoms with van der Waals surface area (Å²) >= 11 is 0. The van der Waals surface area contributed by atoms with E-state index in [2.05, 4.69) is 0 Å². The van der Waals surface area contributed by atoms with Gasteiger partial charge in [-0.2, -0.15) is 0 Å². The predicted octanol–water partition coefficient (Wildman–Crippen LogP) is 3.37. The molecule has 2 atom stereocenters. The van der Waals surface area contributed by atoms with Crippen LogP contribution < -0.4 is 0 Å². The van der Waals surface area contributed by atoms with Crippen LogP contribution in [0.4, 0.5) is 0 Å². The lowest BCUT2D eigenvalue weighted by molar-refractivity contribution is -0.0177. The van der Waals surface area contributed by atoms with Crippen LogP contribution in [0.25, 0.3) is 0 Å². The Balaban J connectivity index is 0.000000734. The Morgan fingerprint density at radius 3 is 1.72 bits per heavy atom. The summed E-state index contributed by atoms with van der Waals surface area (Å²) in [5.74, 6) is -0.942. The van der Waals surface area contributed by atoms with Gasteiger partial charge in [0.15, 0.2) is 0 Å². The number of carbonyl (C=O) groups is 2. The van der Waals surface area contributed by atoms with Crippen LogP contribution in [-0.4, -0.2) is 60.8 Å². The lowest BCUT2D eigenvalue weighted by atomic mass is 10.1. The van der Waals surface area contributed by atoms with E-state index in [-0.39, 0.29) is 23.8 Å². The zero-order valence-electron chi connectivity index (χ0n) is 18.1. The van der Waals surface area contributed by atoms with E-state index < -0.39 is 18.0 Å². The number of benzene rings is 1. The largest absolute Gasteiger partial charge is 0.462 e. The molecule has 0 aliphatic rings. The minimum atomic E-state index is -0.471. The molecule has 0 amide bonds. The molecule has 1 aromatic rings. The van der Waals surface area contributed by atoms with E-state index >= 15 is 0 Å². The minimum Gasteiger partial charge on any atom is -0.462 e. The van der Waals surface area contributed by atoms with Gasteiger partial charge in [-0.05, 0) is 38.8 Å². The fourth-order valence-electron chi connectivity index (χ4n) is 1.97. The SMILES string of the molecule is CC(O)COC(C)CO.CCCCOC(=O)c1ccccc1C(=O)OCCCC. The Labute approximate surface area is 174 Å². The molecule has 0 radical (unpaired) electrons. The third-order valence-electron chi connectivity index (χ3n) is 3.71.